The van der Waals surface area contributed by atoms with Crippen molar-refractivity contribution in [2.45, 2.75) is 38.1 Å². The smallest absolute Gasteiger partial charge is 0.243 e. The summed E-state index contributed by atoms with van der Waals surface area (Å²) in [5.74, 6) is 0.758. The van der Waals surface area contributed by atoms with E-state index in [1.54, 1.807) is 36.2 Å². The Kier molecular flexibility index (Phi) is 6.89. The summed E-state index contributed by atoms with van der Waals surface area (Å²) in [5, 5.41) is 0. The number of rotatable bonds is 9. The van der Waals surface area contributed by atoms with E-state index in [1.165, 1.54) is 4.31 Å². The molecule has 2 aromatic carbocycles. The minimum Gasteiger partial charge on any atom is -0.340 e. The van der Waals surface area contributed by atoms with Gasteiger partial charge in [-0.25, -0.2) is 13.4 Å². The molecule has 30 heavy (non-hydrogen) atoms. The van der Waals surface area contributed by atoms with E-state index in [1.807, 2.05) is 38.1 Å². The Bertz CT molecular complexity index is 1070. The number of benzene rings is 2. The second kappa shape index (κ2) is 9.40. The molecule has 1 amide bonds. The van der Waals surface area contributed by atoms with Gasteiger partial charge < -0.3 is 9.88 Å². The summed E-state index contributed by atoms with van der Waals surface area (Å²) in [4.78, 5) is 22.2. The number of aryl methyl sites for hydroxylation is 1. The largest absolute Gasteiger partial charge is 0.340 e. The number of aromatic nitrogens is 2. The number of amides is 1. The first-order valence-corrected chi connectivity index (χ1v) is 11.6. The van der Waals surface area contributed by atoms with Crippen LogP contribution in [-0.4, -0.2) is 53.6 Å². The SMILES string of the molecule is CCN(CC)S(=O)(=O)c1ccc(CCC(=O)N(C)Cc2nc3ccccc3[nH]2)cc1. The van der Waals surface area contributed by atoms with Crippen LogP contribution in [0.2, 0.25) is 0 Å². The lowest BCUT2D eigenvalue weighted by molar-refractivity contribution is -0.130. The van der Waals surface area contributed by atoms with Crippen LogP contribution in [0.4, 0.5) is 0 Å². The van der Waals surface area contributed by atoms with Crippen molar-refractivity contribution in [2.24, 2.45) is 0 Å². The van der Waals surface area contributed by atoms with Crippen molar-refractivity contribution in [3.63, 3.8) is 0 Å². The van der Waals surface area contributed by atoms with Crippen LogP contribution < -0.4 is 0 Å². The zero-order valence-corrected chi connectivity index (χ0v) is 18.4. The zero-order chi connectivity index (χ0) is 21.7. The highest BCUT2D eigenvalue weighted by Gasteiger charge is 2.21. The van der Waals surface area contributed by atoms with Crippen LogP contribution in [0.3, 0.4) is 0 Å². The van der Waals surface area contributed by atoms with Gasteiger partial charge in [-0.15, -0.1) is 0 Å². The van der Waals surface area contributed by atoms with Crippen LogP contribution in [-0.2, 0) is 27.8 Å². The Hall–Kier alpha value is -2.71. The molecule has 0 aliphatic heterocycles. The van der Waals surface area contributed by atoms with Gasteiger partial charge in [0.2, 0.25) is 15.9 Å². The number of H-pyrrole nitrogens is 1. The van der Waals surface area contributed by atoms with Crippen molar-refractivity contribution >= 4 is 27.0 Å². The second-order valence-electron chi connectivity index (χ2n) is 7.18. The number of carbonyl (C=O) groups is 1. The number of imidazole rings is 1. The molecule has 1 aromatic heterocycles. The minimum atomic E-state index is -3.46. The minimum absolute atomic E-state index is 0.00953. The average molecular weight is 429 g/mol. The van der Waals surface area contributed by atoms with E-state index in [-0.39, 0.29) is 10.8 Å². The van der Waals surface area contributed by atoms with Crippen LogP contribution in [0.15, 0.2) is 53.4 Å². The number of nitrogens with zero attached hydrogens (tertiary/aromatic N) is 3. The number of fused-ring (bicyclic) bond motifs is 1. The van der Waals surface area contributed by atoms with E-state index in [9.17, 15) is 13.2 Å². The highest BCUT2D eigenvalue weighted by molar-refractivity contribution is 7.89. The predicted molar refractivity (Wildman–Crippen MR) is 117 cm³/mol. The molecule has 0 spiro atoms. The van der Waals surface area contributed by atoms with Crippen LogP contribution in [0.1, 0.15) is 31.7 Å². The van der Waals surface area contributed by atoms with Gasteiger partial charge in [0, 0.05) is 26.6 Å². The van der Waals surface area contributed by atoms with E-state index in [0.717, 1.165) is 22.4 Å². The molecule has 3 rings (SSSR count). The summed E-state index contributed by atoms with van der Waals surface area (Å²) in [7, 11) is -1.70. The maximum absolute atomic E-state index is 12.6. The lowest BCUT2D eigenvalue weighted by Gasteiger charge is -2.18. The molecule has 0 bridgehead atoms. The predicted octanol–water partition coefficient (Wildman–Crippen LogP) is 3.18. The molecule has 160 valence electrons. The number of hydrogen-bond acceptors (Lipinski definition) is 4. The van der Waals surface area contributed by atoms with Gasteiger partial charge in [0.1, 0.15) is 5.82 Å². The second-order valence-corrected chi connectivity index (χ2v) is 9.12. The standard InChI is InChI=1S/C22H28N4O3S/c1-4-26(5-2)30(28,29)18-13-10-17(11-14-18)12-15-22(27)25(3)16-21-23-19-8-6-7-9-20(19)24-21/h6-11,13-14H,4-5,12,15-16H2,1-3H3,(H,23,24). The van der Waals surface area contributed by atoms with E-state index < -0.39 is 10.0 Å². The lowest BCUT2D eigenvalue weighted by atomic mass is 10.1. The van der Waals surface area contributed by atoms with Gasteiger partial charge in [-0.3, -0.25) is 4.79 Å². The number of aromatic amines is 1. The summed E-state index contributed by atoms with van der Waals surface area (Å²) in [5.41, 5.74) is 2.76. The molecular weight excluding hydrogens is 400 g/mol. The van der Waals surface area contributed by atoms with Gasteiger partial charge in [-0.05, 0) is 36.2 Å². The molecule has 3 aromatic rings. The van der Waals surface area contributed by atoms with Crippen LogP contribution >= 0.6 is 0 Å². The highest BCUT2D eigenvalue weighted by Crippen LogP contribution is 2.17. The summed E-state index contributed by atoms with van der Waals surface area (Å²) in [6, 6.07) is 14.6. The number of nitrogens with one attached hydrogen (secondary N) is 1. The Morgan fingerprint density at radius 1 is 1.03 bits per heavy atom. The molecule has 7 nitrogen and oxygen atoms in total. The van der Waals surface area contributed by atoms with Crippen molar-refractivity contribution in [1.82, 2.24) is 19.2 Å². The molecule has 0 saturated heterocycles. The van der Waals surface area contributed by atoms with Gasteiger partial charge in [-0.1, -0.05) is 38.1 Å². The molecule has 0 atom stereocenters. The molecule has 1 N–H and O–H groups in total. The molecule has 0 aliphatic carbocycles. The van der Waals surface area contributed by atoms with E-state index in [2.05, 4.69) is 9.97 Å². The Labute approximate surface area is 177 Å². The fourth-order valence-electron chi connectivity index (χ4n) is 3.38. The fourth-order valence-corrected chi connectivity index (χ4v) is 4.83. The first kappa shape index (κ1) is 22.0. The Morgan fingerprint density at radius 2 is 1.70 bits per heavy atom. The number of hydrogen-bond donors (Lipinski definition) is 1. The Morgan fingerprint density at radius 3 is 2.33 bits per heavy atom. The number of para-hydroxylation sites is 2. The van der Waals surface area contributed by atoms with Gasteiger partial charge in [0.25, 0.3) is 0 Å². The summed E-state index contributed by atoms with van der Waals surface area (Å²) < 4.78 is 26.5. The molecule has 0 aliphatic rings. The fraction of sp³-hybridized carbons (Fsp3) is 0.364. The maximum Gasteiger partial charge on any atom is 0.243 e. The molecule has 1 heterocycles. The van der Waals surface area contributed by atoms with Crippen LogP contribution in [0.5, 0.6) is 0 Å². The lowest BCUT2D eigenvalue weighted by Crippen LogP contribution is -2.30. The van der Waals surface area contributed by atoms with E-state index in [0.29, 0.717) is 32.5 Å². The topological polar surface area (TPSA) is 86.4 Å². The molecular formula is C22H28N4O3S. The third-order valence-corrected chi connectivity index (χ3v) is 7.21. The molecule has 0 fully saturated rings. The average Bonchev–Trinajstić information content (AvgIpc) is 3.15. The van der Waals surface area contributed by atoms with Crippen molar-refractivity contribution in [1.29, 1.82) is 0 Å². The van der Waals surface area contributed by atoms with Gasteiger partial charge >= 0.3 is 0 Å². The van der Waals surface area contributed by atoms with Crippen molar-refractivity contribution in [3.8, 4) is 0 Å². The summed E-state index contributed by atoms with van der Waals surface area (Å²) >= 11 is 0. The first-order chi connectivity index (χ1) is 14.3. The third-order valence-electron chi connectivity index (χ3n) is 5.15. The molecule has 0 unspecified atom stereocenters. The highest BCUT2D eigenvalue weighted by atomic mass is 32.2. The molecule has 8 heteroatoms. The van der Waals surface area contributed by atoms with E-state index in [4.69, 9.17) is 0 Å². The monoisotopic (exact) mass is 428 g/mol. The van der Waals surface area contributed by atoms with Crippen molar-refractivity contribution in [2.75, 3.05) is 20.1 Å². The normalized spacial score (nSPS) is 11.9. The van der Waals surface area contributed by atoms with E-state index >= 15 is 0 Å². The van der Waals surface area contributed by atoms with Gasteiger partial charge in [0.15, 0.2) is 0 Å². The quantitative estimate of drug-likeness (QED) is 0.567. The van der Waals surface area contributed by atoms with Crippen molar-refractivity contribution < 1.29 is 13.2 Å². The van der Waals surface area contributed by atoms with Crippen LogP contribution in [0.25, 0.3) is 11.0 Å². The number of sulfonamides is 1. The zero-order valence-electron chi connectivity index (χ0n) is 17.6. The summed E-state index contributed by atoms with van der Waals surface area (Å²) in [6.07, 6.45) is 0.897. The van der Waals surface area contributed by atoms with Gasteiger partial charge in [-0.2, -0.15) is 4.31 Å². The molecule has 0 saturated carbocycles. The van der Waals surface area contributed by atoms with Crippen molar-refractivity contribution in [3.05, 3.63) is 59.9 Å². The summed E-state index contributed by atoms with van der Waals surface area (Å²) in [6.45, 7) is 4.93. The number of carbonyl (C=O) groups excluding carboxylic acids is 1. The maximum atomic E-state index is 12.6. The third kappa shape index (κ3) is 4.88. The Balaban J connectivity index is 1.57. The first-order valence-electron chi connectivity index (χ1n) is 10.1. The van der Waals surface area contributed by atoms with Gasteiger partial charge in [0.05, 0.1) is 22.5 Å². The van der Waals surface area contributed by atoms with Crippen LogP contribution in [0, 0.1) is 0 Å². The molecule has 0 radical (unpaired) electrons.